The Morgan fingerprint density at radius 3 is 2.00 bits per heavy atom. The van der Waals surface area contributed by atoms with Gasteiger partial charge in [-0.15, -0.1) is 0 Å². The summed E-state index contributed by atoms with van der Waals surface area (Å²) in [6.45, 7) is 5.88. The van der Waals surface area contributed by atoms with Crippen molar-refractivity contribution in [2.75, 3.05) is 19.1 Å². The summed E-state index contributed by atoms with van der Waals surface area (Å²) in [5.74, 6) is -16.5. The van der Waals surface area contributed by atoms with Crippen molar-refractivity contribution >= 4 is 42.5 Å². The van der Waals surface area contributed by atoms with E-state index in [9.17, 15) is 53.1 Å². The number of hydrogen-bond acceptors (Lipinski definition) is 3. The molecular formula is C19H26F11NO3Si3. The predicted molar refractivity (Wildman–Crippen MR) is 122 cm³/mol. The highest BCUT2D eigenvalue weighted by atomic mass is 29.2. The lowest BCUT2D eigenvalue weighted by Gasteiger charge is -2.36. The Balaban J connectivity index is 3.35. The molecule has 0 saturated heterocycles. The van der Waals surface area contributed by atoms with Gasteiger partial charge in [0.2, 0.25) is 0 Å². The molecule has 0 N–H and O–H groups in total. The zero-order valence-electron chi connectivity index (χ0n) is 20.3. The second-order valence-electron chi connectivity index (χ2n) is 9.02. The number of ether oxygens (including phenoxy) is 1. The summed E-state index contributed by atoms with van der Waals surface area (Å²) in [7, 11) is -1.83. The van der Waals surface area contributed by atoms with Crippen molar-refractivity contribution in [3.8, 4) is 0 Å². The third-order valence-electron chi connectivity index (χ3n) is 5.76. The van der Waals surface area contributed by atoms with Gasteiger partial charge < -0.3 is 9.33 Å². The first-order chi connectivity index (χ1) is 16.4. The van der Waals surface area contributed by atoms with Gasteiger partial charge in [-0.05, 0) is 12.1 Å². The first-order valence-electron chi connectivity index (χ1n) is 10.6. The maximum atomic E-state index is 14.7. The summed E-state index contributed by atoms with van der Waals surface area (Å²) in [6.07, 6.45) is -21.0. The predicted octanol–water partition coefficient (Wildman–Crippen LogP) is 4.68. The summed E-state index contributed by atoms with van der Waals surface area (Å²) in [5, 5.41) is 0.594. The second-order valence-corrected chi connectivity index (χ2v) is 22.4. The van der Waals surface area contributed by atoms with E-state index in [-0.39, 0.29) is 4.90 Å². The number of halogens is 11. The Morgan fingerprint density at radius 1 is 1.00 bits per heavy atom. The van der Waals surface area contributed by atoms with Gasteiger partial charge in [0, 0.05) is 28.9 Å². The summed E-state index contributed by atoms with van der Waals surface area (Å²) >= 11 is 0. The molecule has 0 aliphatic rings. The Morgan fingerprint density at radius 2 is 1.54 bits per heavy atom. The van der Waals surface area contributed by atoms with Crippen molar-refractivity contribution < 1.29 is 62.3 Å². The highest BCUT2D eigenvalue weighted by Crippen LogP contribution is 2.51. The molecule has 0 saturated carbocycles. The third-order valence-corrected chi connectivity index (χ3v) is 17.0. The molecule has 214 valence electrons. The van der Waals surface area contributed by atoms with Crippen LogP contribution in [0.2, 0.25) is 31.7 Å². The van der Waals surface area contributed by atoms with E-state index in [0.29, 0.717) is 12.2 Å². The molecule has 1 aromatic carbocycles. The highest BCUT2D eigenvalue weighted by molar-refractivity contribution is 7.09. The highest BCUT2D eigenvalue weighted by Gasteiger charge is 2.80. The number of anilines is 1. The molecule has 2 unspecified atom stereocenters. The van der Waals surface area contributed by atoms with Gasteiger partial charge in [-0.25, -0.2) is 0 Å². The van der Waals surface area contributed by atoms with Crippen LogP contribution in [0, 0.1) is 0 Å². The van der Waals surface area contributed by atoms with E-state index in [1.807, 2.05) is 19.6 Å². The zero-order chi connectivity index (χ0) is 29.3. The molecule has 1 amide bonds. The Bertz CT molecular complexity index is 944. The van der Waals surface area contributed by atoms with Crippen LogP contribution in [0.1, 0.15) is 0 Å². The minimum absolute atomic E-state index is 0.127. The van der Waals surface area contributed by atoms with E-state index in [0.717, 1.165) is 18.2 Å². The quantitative estimate of drug-likeness (QED) is 0.270. The van der Waals surface area contributed by atoms with Crippen molar-refractivity contribution in [3.05, 3.63) is 24.3 Å². The van der Waals surface area contributed by atoms with Crippen molar-refractivity contribution in [3.63, 3.8) is 0 Å². The Kier molecular flexibility index (Phi) is 10.2. The lowest BCUT2D eigenvalue weighted by atomic mass is 10.2. The largest absolute Gasteiger partial charge is 0.462 e. The van der Waals surface area contributed by atoms with Crippen LogP contribution in [0.3, 0.4) is 0 Å². The van der Waals surface area contributed by atoms with Gasteiger partial charge in [-0.1, -0.05) is 49.0 Å². The van der Waals surface area contributed by atoms with Crippen molar-refractivity contribution in [2.45, 2.75) is 62.0 Å². The Hall–Kier alpha value is -1.51. The topological polar surface area (TPSA) is 38.8 Å². The van der Waals surface area contributed by atoms with Gasteiger partial charge >= 0.3 is 36.1 Å². The Labute approximate surface area is 210 Å². The maximum Gasteiger partial charge on any atom is 0.462 e. The average Bonchev–Trinajstić information content (AvgIpc) is 2.75. The van der Waals surface area contributed by atoms with Gasteiger partial charge in [-0.2, -0.15) is 48.3 Å². The third kappa shape index (κ3) is 7.33. The van der Waals surface area contributed by atoms with Gasteiger partial charge in [-0.3, -0.25) is 9.53 Å². The molecule has 0 fully saturated rings. The fourth-order valence-corrected chi connectivity index (χ4v) is 14.0. The van der Waals surface area contributed by atoms with Gasteiger partial charge in [0.25, 0.3) is 0 Å². The van der Waals surface area contributed by atoms with Crippen LogP contribution in [0.15, 0.2) is 24.3 Å². The normalized spacial score (nSPS) is 16.6. The van der Waals surface area contributed by atoms with Crippen LogP contribution in [0.4, 0.5) is 54.0 Å². The number of nitrogens with zero attached hydrogens (tertiary/aromatic N) is 1. The van der Waals surface area contributed by atoms with E-state index in [1.165, 1.54) is 12.1 Å². The molecule has 0 aliphatic heterocycles. The molecule has 1 aromatic rings. The number of alkyl halides is 11. The van der Waals surface area contributed by atoms with Crippen LogP contribution in [0.5, 0.6) is 0 Å². The second kappa shape index (κ2) is 11.3. The molecule has 37 heavy (non-hydrogen) atoms. The molecular weight excluding hydrogens is 583 g/mol. The smallest absolute Gasteiger partial charge is 0.427 e. The van der Waals surface area contributed by atoms with E-state index in [4.69, 9.17) is 4.43 Å². The van der Waals surface area contributed by atoms with Crippen LogP contribution in [-0.4, -0.2) is 76.0 Å². The first kappa shape index (κ1) is 33.5. The molecule has 1 rings (SSSR count). The molecule has 0 aliphatic carbocycles. The standard InChI is InChI=1S/C19H26F11NO3Si3/c1-31(12-7-6-8-13(11-12)37(4,5)10-9-35-36(3)33-2)14(32)15(20,17(23,24)25)34-19(29,30)16(21,22)18(26,27)28/h6-8,11,36H,9-10,35H2,1-5H3. The summed E-state index contributed by atoms with van der Waals surface area (Å²) < 4.78 is 153. The number of likely N-dealkylation sites (N-methyl/N-ethyl adjacent to an activating group) is 1. The average molecular weight is 610 g/mol. The fraction of sp³-hybridized carbons (Fsp3) is 0.632. The number of carbonyl (C=O) groups excluding carboxylic acids is 1. The van der Waals surface area contributed by atoms with Crippen LogP contribution in [-0.2, 0) is 14.0 Å². The minimum atomic E-state index is -7.25. The molecule has 4 nitrogen and oxygen atoms in total. The van der Waals surface area contributed by atoms with E-state index in [1.54, 1.807) is 13.2 Å². The SMILES string of the molecule is CO[SiH](C)[SiH2]CC[Si](C)(C)c1cccc(N(C)C(=O)C(F)(OC(F)(F)C(F)(F)C(F)(F)F)C(F)(F)F)c1. The summed E-state index contributed by atoms with van der Waals surface area (Å²) in [4.78, 5) is 12.2. The molecule has 18 heteroatoms. The fourth-order valence-electron chi connectivity index (χ4n) is 3.19. The molecule has 2 atom stereocenters. The number of benzene rings is 1. The number of carbonyl (C=O) groups is 1. The molecule has 0 heterocycles. The minimum Gasteiger partial charge on any atom is -0.427 e. The monoisotopic (exact) mass is 609 g/mol. The van der Waals surface area contributed by atoms with Crippen LogP contribution < -0.4 is 10.1 Å². The van der Waals surface area contributed by atoms with E-state index < -0.39 is 67.5 Å². The van der Waals surface area contributed by atoms with E-state index >= 15 is 0 Å². The number of hydrogen-bond donors (Lipinski definition) is 0. The van der Waals surface area contributed by atoms with Gasteiger partial charge in [0.1, 0.15) is 0 Å². The van der Waals surface area contributed by atoms with Gasteiger partial charge in [0.15, 0.2) is 8.56 Å². The molecule has 0 radical (unpaired) electrons. The van der Waals surface area contributed by atoms with Gasteiger partial charge in [0.05, 0.1) is 8.07 Å². The van der Waals surface area contributed by atoms with Crippen molar-refractivity contribution in [2.24, 2.45) is 0 Å². The summed E-state index contributed by atoms with van der Waals surface area (Å²) in [5.41, 5.74) is -0.444. The molecule has 0 bridgehead atoms. The number of rotatable bonds is 11. The molecule has 0 spiro atoms. The van der Waals surface area contributed by atoms with Crippen molar-refractivity contribution in [1.29, 1.82) is 0 Å². The van der Waals surface area contributed by atoms with Crippen molar-refractivity contribution in [1.82, 2.24) is 0 Å². The maximum absolute atomic E-state index is 14.7. The lowest BCUT2D eigenvalue weighted by molar-refractivity contribution is -0.472. The van der Waals surface area contributed by atoms with Crippen LogP contribution in [0.25, 0.3) is 0 Å². The van der Waals surface area contributed by atoms with Crippen LogP contribution >= 0.6 is 0 Å². The first-order valence-corrected chi connectivity index (χ1v) is 19.7. The number of amides is 1. The molecule has 0 aromatic heterocycles. The zero-order valence-corrected chi connectivity index (χ0v) is 23.9. The summed E-state index contributed by atoms with van der Waals surface area (Å²) in [6, 6.07) is 6.78. The lowest BCUT2D eigenvalue weighted by Crippen LogP contribution is -2.63. The van der Waals surface area contributed by atoms with E-state index in [2.05, 4.69) is 4.74 Å².